The number of benzene rings is 1. The van der Waals surface area contributed by atoms with Crippen LogP contribution in [0.5, 0.6) is 11.5 Å². The van der Waals surface area contributed by atoms with Crippen LogP contribution in [-0.2, 0) is 5.54 Å². The molecule has 0 fully saturated rings. The first-order chi connectivity index (χ1) is 7.43. The summed E-state index contributed by atoms with van der Waals surface area (Å²) in [7, 11) is 2.89. The summed E-state index contributed by atoms with van der Waals surface area (Å²) in [5.41, 5.74) is 4.09. The lowest BCUT2D eigenvalue weighted by molar-refractivity contribution is 0.0610. The monoisotopic (exact) mass is 231 g/mol. The molecule has 0 aliphatic heterocycles. The Morgan fingerprint density at radius 2 is 1.88 bits per heavy atom. The minimum Gasteiger partial charge on any atom is -0.497 e. The summed E-state index contributed by atoms with van der Waals surface area (Å²) in [6.07, 6.45) is -2.67. The van der Waals surface area contributed by atoms with Crippen molar-refractivity contribution < 1.29 is 18.3 Å². The number of hydrogen-bond donors (Lipinski definition) is 1. The van der Waals surface area contributed by atoms with Crippen molar-refractivity contribution in [2.45, 2.75) is 18.9 Å². The Kier molecular flexibility index (Phi) is 3.70. The number of halogens is 2. The van der Waals surface area contributed by atoms with Crippen LogP contribution in [0.4, 0.5) is 8.78 Å². The van der Waals surface area contributed by atoms with E-state index in [4.69, 9.17) is 15.2 Å². The van der Waals surface area contributed by atoms with Crippen molar-refractivity contribution in [1.29, 1.82) is 0 Å². The van der Waals surface area contributed by atoms with Crippen LogP contribution in [0.2, 0.25) is 0 Å². The molecule has 0 radical (unpaired) electrons. The lowest BCUT2D eigenvalue weighted by Crippen LogP contribution is -2.40. The van der Waals surface area contributed by atoms with Crippen LogP contribution in [0.1, 0.15) is 12.5 Å². The van der Waals surface area contributed by atoms with Crippen molar-refractivity contribution in [3.63, 3.8) is 0 Å². The molecule has 0 saturated heterocycles. The molecule has 0 aliphatic rings. The number of methoxy groups -OCH3 is 2. The van der Waals surface area contributed by atoms with Crippen LogP contribution in [0.25, 0.3) is 0 Å². The van der Waals surface area contributed by atoms with Gasteiger partial charge in [0, 0.05) is 11.6 Å². The minimum atomic E-state index is -2.67. The topological polar surface area (TPSA) is 44.5 Å². The summed E-state index contributed by atoms with van der Waals surface area (Å²) in [5, 5.41) is 0. The summed E-state index contributed by atoms with van der Waals surface area (Å²) in [5.74, 6) is 0.829. The molecule has 16 heavy (non-hydrogen) atoms. The Bertz CT molecular complexity index is 367. The third kappa shape index (κ3) is 2.24. The first-order valence-corrected chi connectivity index (χ1v) is 4.73. The van der Waals surface area contributed by atoms with E-state index in [-0.39, 0.29) is 5.56 Å². The highest BCUT2D eigenvalue weighted by molar-refractivity contribution is 5.44. The molecule has 0 spiro atoms. The molecule has 1 unspecified atom stereocenters. The molecule has 3 nitrogen and oxygen atoms in total. The Balaban J connectivity index is 3.23. The van der Waals surface area contributed by atoms with Crippen molar-refractivity contribution in [1.82, 2.24) is 0 Å². The zero-order valence-electron chi connectivity index (χ0n) is 9.46. The average molecular weight is 231 g/mol. The lowest BCUT2D eigenvalue weighted by Gasteiger charge is -2.26. The van der Waals surface area contributed by atoms with Gasteiger partial charge in [-0.25, -0.2) is 8.78 Å². The van der Waals surface area contributed by atoms with Crippen molar-refractivity contribution >= 4 is 0 Å². The molecular weight excluding hydrogens is 216 g/mol. The molecular formula is C11H15F2NO2. The van der Waals surface area contributed by atoms with E-state index >= 15 is 0 Å². The SMILES string of the molecule is COc1ccc(C(C)(N)C(F)F)c(OC)c1. The van der Waals surface area contributed by atoms with Crippen molar-refractivity contribution in [3.8, 4) is 11.5 Å². The maximum absolute atomic E-state index is 12.8. The smallest absolute Gasteiger partial charge is 0.260 e. The number of nitrogens with two attached hydrogens (primary N) is 1. The number of alkyl halides is 2. The molecule has 0 amide bonds. The predicted molar refractivity (Wildman–Crippen MR) is 57.1 cm³/mol. The molecule has 90 valence electrons. The molecule has 0 aliphatic carbocycles. The van der Waals surface area contributed by atoms with Gasteiger partial charge in [0.05, 0.1) is 14.2 Å². The van der Waals surface area contributed by atoms with Gasteiger partial charge in [-0.15, -0.1) is 0 Å². The third-order valence-corrected chi connectivity index (χ3v) is 2.44. The van der Waals surface area contributed by atoms with Crippen molar-refractivity contribution in [2.75, 3.05) is 14.2 Å². The Morgan fingerprint density at radius 3 is 2.31 bits per heavy atom. The third-order valence-electron chi connectivity index (χ3n) is 2.44. The van der Waals surface area contributed by atoms with Crippen molar-refractivity contribution in [2.24, 2.45) is 5.73 Å². The highest BCUT2D eigenvalue weighted by Crippen LogP contribution is 2.34. The fraction of sp³-hybridized carbons (Fsp3) is 0.455. The predicted octanol–water partition coefficient (Wildman–Crippen LogP) is 2.14. The van der Waals surface area contributed by atoms with Gasteiger partial charge in [0.15, 0.2) is 0 Å². The Morgan fingerprint density at radius 1 is 1.25 bits per heavy atom. The number of ether oxygens (including phenoxy) is 2. The van der Waals surface area contributed by atoms with E-state index in [0.717, 1.165) is 0 Å². The van der Waals surface area contributed by atoms with Gasteiger partial charge in [0.1, 0.15) is 17.0 Å². The first kappa shape index (κ1) is 12.7. The first-order valence-electron chi connectivity index (χ1n) is 4.73. The summed E-state index contributed by atoms with van der Waals surface area (Å²) >= 11 is 0. The normalized spacial score (nSPS) is 14.7. The molecule has 0 heterocycles. The van der Waals surface area contributed by atoms with E-state index in [1.807, 2.05) is 0 Å². The average Bonchev–Trinajstić information content (AvgIpc) is 2.27. The lowest BCUT2D eigenvalue weighted by atomic mass is 9.92. The second-order valence-corrected chi connectivity index (χ2v) is 3.65. The Hall–Kier alpha value is -1.36. The molecule has 1 aromatic carbocycles. The van der Waals surface area contributed by atoms with E-state index in [0.29, 0.717) is 11.5 Å². The molecule has 2 N–H and O–H groups in total. The largest absolute Gasteiger partial charge is 0.497 e. The maximum Gasteiger partial charge on any atom is 0.260 e. The van der Waals surface area contributed by atoms with Gasteiger partial charge in [0.2, 0.25) is 0 Å². The van der Waals surface area contributed by atoms with E-state index in [1.165, 1.54) is 33.3 Å². The summed E-state index contributed by atoms with van der Waals surface area (Å²) in [6, 6.07) is 4.60. The summed E-state index contributed by atoms with van der Waals surface area (Å²) in [4.78, 5) is 0. The second kappa shape index (κ2) is 4.65. The minimum absolute atomic E-state index is 0.255. The van der Waals surface area contributed by atoms with Gasteiger partial charge in [-0.3, -0.25) is 0 Å². The summed E-state index contributed by atoms with van der Waals surface area (Å²) in [6.45, 7) is 1.27. The number of rotatable bonds is 4. The quantitative estimate of drug-likeness (QED) is 0.863. The second-order valence-electron chi connectivity index (χ2n) is 3.65. The van der Waals surface area contributed by atoms with Gasteiger partial charge >= 0.3 is 0 Å². The van der Waals surface area contributed by atoms with Gasteiger partial charge in [0.25, 0.3) is 6.43 Å². The highest BCUT2D eigenvalue weighted by atomic mass is 19.3. The fourth-order valence-electron chi connectivity index (χ4n) is 1.36. The highest BCUT2D eigenvalue weighted by Gasteiger charge is 2.35. The number of hydrogen-bond acceptors (Lipinski definition) is 3. The zero-order chi connectivity index (χ0) is 12.3. The van der Waals surface area contributed by atoms with E-state index < -0.39 is 12.0 Å². The van der Waals surface area contributed by atoms with Gasteiger partial charge < -0.3 is 15.2 Å². The van der Waals surface area contributed by atoms with Gasteiger partial charge in [-0.2, -0.15) is 0 Å². The fourth-order valence-corrected chi connectivity index (χ4v) is 1.36. The summed E-state index contributed by atoms with van der Waals surface area (Å²) < 4.78 is 35.6. The molecule has 1 atom stereocenters. The molecule has 1 aromatic rings. The van der Waals surface area contributed by atoms with Crippen LogP contribution < -0.4 is 15.2 Å². The standard InChI is InChI=1S/C11H15F2NO2/c1-11(14,10(12)13)8-5-4-7(15-2)6-9(8)16-3/h4-6,10H,14H2,1-3H3. The molecule has 0 bridgehead atoms. The van der Waals surface area contributed by atoms with E-state index in [1.54, 1.807) is 6.07 Å². The maximum atomic E-state index is 12.8. The van der Waals surface area contributed by atoms with Crippen LogP contribution in [0.3, 0.4) is 0 Å². The zero-order valence-corrected chi connectivity index (χ0v) is 9.46. The molecule has 5 heteroatoms. The van der Waals surface area contributed by atoms with Crippen LogP contribution in [0, 0.1) is 0 Å². The Labute approximate surface area is 93.2 Å². The van der Waals surface area contributed by atoms with Gasteiger partial charge in [-0.05, 0) is 19.1 Å². The van der Waals surface area contributed by atoms with Crippen LogP contribution >= 0.6 is 0 Å². The van der Waals surface area contributed by atoms with E-state index in [9.17, 15) is 8.78 Å². The molecule has 0 aromatic heterocycles. The molecule has 1 rings (SSSR count). The molecule has 0 saturated carbocycles. The van der Waals surface area contributed by atoms with Gasteiger partial charge in [-0.1, -0.05) is 0 Å². The van der Waals surface area contributed by atoms with Crippen molar-refractivity contribution in [3.05, 3.63) is 23.8 Å². The van der Waals surface area contributed by atoms with E-state index in [2.05, 4.69) is 0 Å². The van der Waals surface area contributed by atoms with Crippen LogP contribution in [0.15, 0.2) is 18.2 Å². The van der Waals surface area contributed by atoms with Crippen LogP contribution in [-0.4, -0.2) is 20.6 Å².